The third kappa shape index (κ3) is 4.52. The largest absolute Gasteiger partial charge is 0.507 e. The normalized spacial score (nSPS) is 13.7. The summed E-state index contributed by atoms with van der Waals surface area (Å²) in [6.45, 7) is 3.78. The molecule has 1 saturated heterocycles. The zero-order valence-electron chi connectivity index (χ0n) is 13.9. The number of rotatable bonds is 4. The van der Waals surface area contributed by atoms with Gasteiger partial charge < -0.3 is 25.4 Å². The van der Waals surface area contributed by atoms with Crippen LogP contribution in [0.25, 0.3) is 0 Å². The number of halogens is 1. The molecule has 3 rings (SSSR count). The summed E-state index contributed by atoms with van der Waals surface area (Å²) >= 11 is 0. The first kappa shape index (κ1) is 18.8. The SMILES string of the molecule is COc1ccc(O)c(C(=O)Nc2ccc(N3CCNCC3)cn2)c1.Cl. The van der Waals surface area contributed by atoms with Crippen LogP contribution < -0.4 is 20.3 Å². The van der Waals surface area contributed by atoms with E-state index in [1.165, 1.54) is 19.2 Å². The molecule has 1 aromatic carbocycles. The summed E-state index contributed by atoms with van der Waals surface area (Å²) in [6, 6.07) is 8.19. The molecule has 3 N–H and O–H groups in total. The molecular weight excluding hydrogens is 344 g/mol. The number of benzene rings is 1. The van der Waals surface area contributed by atoms with Gasteiger partial charge in [0, 0.05) is 26.2 Å². The molecule has 1 aliphatic rings. The predicted octanol–water partition coefficient (Wildman–Crippen LogP) is 1.88. The molecule has 0 bridgehead atoms. The van der Waals surface area contributed by atoms with Crippen LogP contribution in [0.5, 0.6) is 11.5 Å². The smallest absolute Gasteiger partial charge is 0.260 e. The van der Waals surface area contributed by atoms with Crippen molar-refractivity contribution < 1.29 is 14.6 Å². The minimum absolute atomic E-state index is 0. The van der Waals surface area contributed by atoms with Crippen molar-refractivity contribution in [1.29, 1.82) is 0 Å². The minimum Gasteiger partial charge on any atom is -0.507 e. The van der Waals surface area contributed by atoms with Crippen molar-refractivity contribution in [2.24, 2.45) is 0 Å². The second kappa shape index (κ2) is 8.55. The number of anilines is 2. The molecule has 1 fully saturated rings. The van der Waals surface area contributed by atoms with E-state index in [-0.39, 0.29) is 23.7 Å². The van der Waals surface area contributed by atoms with Crippen molar-refractivity contribution in [3.8, 4) is 11.5 Å². The molecular formula is C17H21ClN4O3. The molecule has 0 spiro atoms. The Labute approximate surface area is 152 Å². The van der Waals surface area contributed by atoms with Crippen LogP contribution in [0.3, 0.4) is 0 Å². The van der Waals surface area contributed by atoms with Gasteiger partial charge in [-0.25, -0.2) is 4.98 Å². The lowest BCUT2D eigenvalue weighted by Gasteiger charge is -2.29. The lowest BCUT2D eigenvalue weighted by molar-refractivity contribution is 0.102. The molecule has 8 heteroatoms. The summed E-state index contributed by atoms with van der Waals surface area (Å²) in [4.78, 5) is 18.8. The average molecular weight is 365 g/mol. The summed E-state index contributed by atoms with van der Waals surface area (Å²) in [5, 5.41) is 15.8. The molecule has 2 aromatic rings. The van der Waals surface area contributed by atoms with Crippen molar-refractivity contribution in [1.82, 2.24) is 10.3 Å². The highest BCUT2D eigenvalue weighted by atomic mass is 35.5. The molecule has 0 unspecified atom stereocenters. The third-order valence-electron chi connectivity index (χ3n) is 3.92. The number of aromatic nitrogens is 1. The first-order valence-corrected chi connectivity index (χ1v) is 7.77. The molecule has 7 nitrogen and oxygen atoms in total. The van der Waals surface area contributed by atoms with Gasteiger partial charge in [-0.15, -0.1) is 12.4 Å². The number of methoxy groups -OCH3 is 1. The second-order valence-corrected chi connectivity index (χ2v) is 5.48. The fraction of sp³-hybridized carbons (Fsp3) is 0.294. The van der Waals surface area contributed by atoms with E-state index in [1.807, 2.05) is 6.07 Å². The van der Waals surface area contributed by atoms with Gasteiger partial charge >= 0.3 is 0 Å². The van der Waals surface area contributed by atoms with Gasteiger partial charge in [0.25, 0.3) is 5.91 Å². The summed E-state index contributed by atoms with van der Waals surface area (Å²) in [5.41, 5.74) is 1.17. The molecule has 0 atom stereocenters. The quantitative estimate of drug-likeness (QED) is 0.768. The van der Waals surface area contributed by atoms with Gasteiger partial charge in [-0.05, 0) is 30.3 Å². The van der Waals surface area contributed by atoms with Gasteiger partial charge in [0.1, 0.15) is 17.3 Å². The number of piperazine rings is 1. The molecule has 1 aromatic heterocycles. The van der Waals surface area contributed by atoms with E-state index in [0.29, 0.717) is 11.6 Å². The van der Waals surface area contributed by atoms with Crippen LogP contribution in [0, 0.1) is 0 Å². The zero-order chi connectivity index (χ0) is 16.9. The Kier molecular flexibility index (Phi) is 6.44. The topological polar surface area (TPSA) is 86.7 Å². The van der Waals surface area contributed by atoms with E-state index in [9.17, 15) is 9.90 Å². The summed E-state index contributed by atoms with van der Waals surface area (Å²) in [7, 11) is 1.50. The predicted molar refractivity (Wildman–Crippen MR) is 99.2 cm³/mol. The molecule has 0 saturated carbocycles. The molecule has 1 aliphatic heterocycles. The molecule has 0 aliphatic carbocycles. The number of nitrogens with zero attached hydrogens (tertiary/aromatic N) is 2. The molecule has 25 heavy (non-hydrogen) atoms. The van der Waals surface area contributed by atoms with Gasteiger partial charge in [-0.1, -0.05) is 0 Å². The second-order valence-electron chi connectivity index (χ2n) is 5.48. The standard InChI is InChI=1S/C17H20N4O3.ClH/c1-24-13-3-4-15(22)14(10-13)17(23)20-16-5-2-12(11-19-16)21-8-6-18-7-9-21;/h2-5,10-11,18,22H,6-9H2,1H3,(H,19,20,23);1H. The number of carbonyl (C=O) groups excluding carboxylic acids is 1. The van der Waals surface area contributed by atoms with Crippen molar-refractivity contribution in [3.05, 3.63) is 42.1 Å². The van der Waals surface area contributed by atoms with Crippen LogP contribution >= 0.6 is 12.4 Å². The fourth-order valence-electron chi connectivity index (χ4n) is 2.58. The number of carbonyl (C=O) groups is 1. The lowest BCUT2D eigenvalue weighted by Crippen LogP contribution is -2.43. The molecule has 134 valence electrons. The Balaban J connectivity index is 0.00000225. The molecule has 0 radical (unpaired) electrons. The Hall–Kier alpha value is -2.51. The van der Waals surface area contributed by atoms with Crippen molar-refractivity contribution in [2.75, 3.05) is 43.5 Å². The van der Waals surface area contributed by atoms with E-state index in [4.69, 9.17) is 4.74 Å². The fourth-order valence-corrected chi connectivity index (χ4v) is 2.58. The van der Waals surface area contributed by atoms with Gasteiger partial charge in [0.05, 0.1) is 24.6 Å². The zero-order valence-corrected chi connectivity index (χ0v) is 14.7. The highest BCUT2D eigenvalue weighted by Crippen LogP contribution is 2.24. The van der Waals surface area contributed by atoms with Crippen LogP contribution in [0.15, 0.2) is 36.5 Å². The average Bonchev–Trinajstić information content (AvgIpc) is 2.63. The third-order valence-corrected chi connectivity index (χ3v) is 3.92. The highest BCUT2D eigenvalue weighted by Gasteiger charge is 2.14. The first-order valence-electron chi connectivity index (χ1n) is 7.77. The lowest BCUT2D eigenvalue weighted by atomic mass is 10.1. The van der Waals surface area contributed by atoms with E-state index in [2.05, 4.69) is 20.5 Å². The highest BCUT2D eigenvalue weighted by molar-refractivity contribution is 6.06. The Morgan fingerprint density at radius 2 is 2.04 bits per heavy atom. The van der Waals surface area contributed by atoms with Gasteiger partial charge in [-0.2, -0.15) is 0 Å². The van der Waals surface area contributed by atoms with E-state index < -0.39 is 5.91 Å². The number of aromatic hydroxyl groups is 1. The number of phenols is 1. The summed E-state index contributed by atoms with van der Waals surface area (Å²) in [6.07, 6.45) is 1.74. The van der Waals surface area contributed by atoms with E-state index >= 15 is 0 Å². The number of ether oxygens (including phenoxy) is 1. The van der Waals surface area contributed by atoms with Crippen LogP contribution in [-0.2, 0) is 0 Å². The van der Waals surface area contributed by atoms with Crippen LogP contribution in [0.1, 0.15) is 10.4 Å². The van der Waals surface area contributed by atoms with Crippen LogP contribution in [0.4, 0.5) is 11.5 Å². The van der Waals surface area contributed by atoms with Crippen molar-refractivity contribution in [3.63, 3.8) is 0 Å². The first-order chi connectivity index (χ1) is 11.7. The van der Waals surface area contributed by atoms with Crippen LogP contribution in [-0.4, -0.2) is 49.3 Å². The van der Waals surface area contributed by atoms with Gasteiger partial charge in [0.15, 0.2) is 0 Å². The van der Waals surface area contributed by atoms with Crippen molar-refractivity contribution >= 4 is 29.8 Å². The number of hydrogen-bond acceptors (Lipinski definition) is 6. The Morgan fingerprint density at radius 1 is 1.28 bits per heavy atom. The number of nitrogens with one attached hydrogen (secondary N) is 2. The Bertz CT molecular complexity index is 718. The summed E-state index contributed by atoms with van der Waals surface area (Å²) in [5.74, 6) is 0.389. The molecule has 1 amide bonds. The van der Waals surface area contributed by atoms with E-state index in [0.717, 1.165) is 31.9 Å². The Morgan fingerprint density at radius 3 is 2.68 bits per heavy atom. The number of amides is 1. The maximum atomic E-state index is 12.3. The number of pyridine rings is 1. The maximum absolute atomic E-state index is 12.3. The van der Waals surface area contributed by atoms with E-state index in [1.54, 1.807) is 18.3 Å². The van der Waals surface area contributed by atoms with Crippen molar-refractivity contribution in [2.45, 2.75) is 0 Å². The van der Waals surface area contributed by atoms with Gasteiger partial charge in [-0.3, -0.25) is 4.79 Å². The number of phenolic OH excluding ortho intramolecular Hbond substituents is 1. The maximum Gasteiger partial charge on any atom is 0.260 e. The minimum atomic E-state index is -0.436. The molecule has 2 heterocycles. The van der Waals surface area contributed by atoms with Crippen LogP contribution in [0.2, 0.25) is 0 Å². The van der Waals surface area contributed by atoms with Gasteiger partial charge in [0.2, 0.25) is 0 Å². The summed E-state index contributed by atoms with van der Waals surface area (Å²) < 4.78 is 5.08. The number of hydrogen-bond donors (Lipinski definition) is 3. The monoisotopic (exact) mass is 364 g/mol.